The number of hydrogen-bond donors (Lipinski definition) is 1. The van der Waals surface area contributed by atoms with Gasteiger partial charge in [-0.2, -0.15) is 5.10 Å². The lowest BCUT2D eigenvalue weighted by molar-refractivity contribution is -0.121. The van der Waals surface area contributed by atoms with Crippen molar-refractivity contribution in [2.24, 2.45) is 10.2 Å². The minimum Gasteiger partial charge on any atom is -0.371 e. The van der Waals surface area contributed by atoms with Crippen LogP contribution in [0.1, 0.15) is 40.2 Å². The molecule has 3 aromatic rings. The van der Waals surface area contributed by atoms with E-state index in [0.717, 1.165) is 33.4 Å². The molecule has 0 bridgehead atoms. The Morgan fingerprint density at radius 2 is 1.81 bits per heavy atom. The van der Waals surface area contributed by atoms with Crippen LogP contribution >= 0.6 is 0 Å². The third-order valence-corrected chi connectivity index (χ3v) is 5.35. The molecule has 166 valence electrons. The first-order valence-corrected chi connectivity index (χ1v) is 10.2. The zero-order valence-electron chi connectivity index (χ0n) is 18.8. The first kappa shape index (κ1) is 23.0. The molecule has 0 radical (unpaired) electrons. The summed E-state index contributed by atoms with van der Waals surface area (Å²) < 4.78 is 15.0. The molecule has 0 aliphatic heterocycles. The van der Waals surface area contributed by atoms with Crippen LogP contribution in [-0.2, 0) is 11.3 Å². The molecule has 0 atom stereocenters. The molecule has 3 rings (SSSR count). The molecule has 2 aromatic carbocycles. The van der Waals surface area contributed by atoms with Gasteiger partial charge in [-0.3, -0.25) is 14.5 Å². The Hall–Kier alpha value is -3.68. The van der Waals surface area contributed by atoms with Crippen molar-refractivity contribution in [1.29, 1.82) is 0 Å². The number of anilines is 1. The number of amides is 1. The summed E-state index contributed by atoms with van der Waals surface area (Å²) in [6.45, 7) is 9.56. The zero-order chi connectivity index (χ0) is 23.5. The van der Waals surface area contributed by atoms with Crippen LogP contribution in [0.3, 0.4) is 0 Å². The molecule has 32 heavy (non-hydrogen) atoms. The normalized spacial score (nSPS) is 13.1. The zero-order valence-corrected chi connectivity index (χ0v) is 18.8. The van der Waals surface area contributed by atoms with Crippen molar-refractivity contribution in [2.75, 3.05) is 5.32 Å². The quantitative estimate of drug-likeness (QED) is 0.394. The molecule has 8 heteroatoms. The Labute approximate surface area is 186 Å². The minimum atomic E-state index is -1.13. The number of nitrogens with zero attached hydrogens (tertiary/aromatic N) is 4. The van der Waals surface area contributed by atoms with Crippen molar-refractivity contribution in [3.63, 3.8) is 0 Å². The third-order valence-electron chi connectivity index (χ3n) is 5.35. The number of nitroso groups, excluding NO2 is 1. The average Bonchev–Trinajstić information content (AvgIpc) is 3.17. The van der Waals surface area contributed by atoms with Gasteiger partial charge in [0.2, 0.25) is 0 Å². The van der Waals surface area contributed by atoms with E-state index in [1.807, 2.05) is 43.7 Å². The Morgan fingerprint density at radius 1 is 1.12 bits per heavy atom. The molecule has 7 nitrogen and oxygen atoms in total. The van der Waals surface area contributed by atoms with Crippen LogP contribution in [0.2, 0.25) is 0 Å². The van der Waals surface area contributed by atoms with E-state index in [0.29, 0.717) is 12.2 Å². The summed E-state index contributed by atoms with van der Waals surface area (Å²) in [6.07, 6.45) is 1.72. The van der Waals surface area contributed by atoms with Gasteiger partial charge in [0.1, 0.15) is 11.4 Å². The van der Waals surface area contributed by atoms with E-state index < -0.39 is 11.4 Å². The fourth-order valence-electron chi connectivity index (χ4n) is 3.28. The first-order chi connectivity index (χ1) is 15.1. The van der Waals surface area contributed by atoms with Crippen LogP contribution in [0, 0.1) is 10.7 Å². The molecule has 1 amide bonds. The van der Waals surface area contributed by atoms with E-state index in [9.17, 15) is 14.1 Å². The Balaban J connectivity index is 1.87. The molecular formula is C24H26FN5O2. The Kier molecular flexibility index (Phi) is 6.62. The van der Waals surface area contributed by atoms with Gasteiger partial charge in [-0.05, 0) is 70.0 Å². The van der Waals surface area contributed by atoms with Crippen LogP contribution in [0.25, 0.3) is 10.9 Å². The van der Waals surface area contributed by atoms with Gasteiger partial charge in [0.15, 0.2) is 0 Å². The Bertz CT molecular complexity index is 1220. The number of aromatic nitrogens is 2. The van der Waals surface area contributed by atoms with Gasteiger partial charge in [-0.25, -0.2) is 4.39 Å². The van der Waals surface area contributed by atoms with Gasteiger partial charge in [0.25, 0.3) is 0 Å². The highest BCUT2D eigenvalue weighted by molar-refractivity contribution is 5.99. The number of carbonyl (C=O) groups is 1. The summed E-state index contributed by atoms with van der Waals surface area (Å²) in [5.41, 5.74) is 3.99. The smallest absolute Gasteiger partial charge is 0.310 e. The van der Waals surface area contributed by atoms with E-state index >= 15 is 0 Å². The summed E-state index contributed by atoms with van der Waals surface area (Å²) in [7, 11) is 0. The highest BCUT2D eigenvalue weighted by Gasteiger charge is 2.29. The highest BCUT2D eigenvalue weighted by Crippen LogP contribution is 2.27. The summed E-state index contributed by atoms with van der Waals surface area (Å²) in [5.74, 6) is -1.05. The van der Waals surface area contributed by atoms with Crippen molar-refractivity contribution >= 4 is 28.2 Å². The van der Waals surface area contributed by atoms with Crippen molar-refractivity contribution in [3.05, 3.63) is 76.2 Å². The van der Waals surface area contributed by atoms with Crippen LogP contribution in [-0.4, -0.2) is 26.9 Å². The molecule has 0 fully saturated rings. The van der Waals surface area contributed by atoms with E-state index in [1.165, 1.54) is 12.1 Å². The van der Waals surface area contributed by atoms with Crippen molar-refractivity contribution in [3.8, 4) is 0 Å². The van der Waals surface area contributed by atoms with E-state index in [4.69, 9.17) is 0 Å². The molecule has 1 N–H and O–H groups in total. The standard InChI is InChI=1S/C24H26FN5O2/c1-15(16(2)27-17(3)18-9-11-19(25)12-10-18)14-30-22-8-6-7-21(20(22)13-26-30)28-24(4,5)23(31)29-32/h6-13,28H,14H2,1-5H3/b16-15+,27-17?. The number of nitrogens with one attached hydrogen (secondary N) is 1. The summed E-state index contributed by atoms with van der Waals surface area (Å²) >= 11 is 0. The van der Waals surface area contributed by atoms with Gasteiger partial charge in [0.05, 0.1) is 18.3 Å². The largest absolute Gasteiger partial charge is 0.371 e. The molecular weight excluding hydrogens is 409 g/mol. The molecule has 0 unspecified atom stereocenters. The third kappa shape index (κ3) is 4.96. The van der Waals surface area contributed by atoms with Gasteiger partial charge in [-0.1, -0.05) is 18.2 Å². The first-order valence-electron chi connectivity index (χ1n) is 10.2. The van der Waals surface area contributed by atoms with Crippen molar-refractivity contribution < 1.29 is 9.18 Å². The maximum Gasteiger partial charge on any atom is 0.310 e. The predicted molar refractivity (Wildman–Crippen MR) is 125 cm³/mol. The molecule has 0 aliphatic carbocycles. The lowest BCUT2D eigenvalue weighted by Crippen LogP contribution is -2.38. The number of allylic oxidation sites excluding steroid dienone is 2. The number of hydrogen-bond acceptors (Lipinski definition) is 5. The SMILES string of the molecule is CC(=N/C(C)=C(\C)Cn1ncc2c(NC(C)(C)C(=O)N=O)cccc21)c1ccc(F)cc1. The number of aliphatic imine (C=N–C) groups is 1. The fraction of sp³-hybridized carbons (Fsp3) is 0.292. The van der Waals surface area contributed by atoms with E-state index in [-0.39, 0.29) is 5.82 Å². The maximum atomic E-state index is 13.2. The van der Waals surface area contributed by atoms with Crippen molar-refractivity contribution in [2.45, 2.75) is 46.7 Å². The summed E-state index contributed by atoms with van der Waals surface area (Å²) in [6, 6.07) is 11.9. The number of halogens is 1. The van der Waals surface area contributed by atoms with Gasteiger partial charge >= 0.3 is 5.91 Å². The number of rotatable bonds is 7. The molecule has 0 saturated carbocycles. The maximum absolute atomic E-state index is 13.2. The lowest BCUT2D eigenvalue weighted by atomic mass is 10.0. The molecule has 1 aromatic heterocycles. The average molecular weight is 436 g/mol. The van der Waals surface area contributed by atoms with Crippen molar-refractivity contribution in [1.82, 2.24) is 9.78 Å². The van der Waals surface area contributed by atoms with E-state index in [2.05, 4.69) is 20.6 Å². The second-order valence-corrected chi connectivity index (χ2v) is 8.26. The monoisotopic (exact) mass is 435 g/mol. The lowest BCUT2D eigenvalue weighted by Gasteiger charge is -2.22. The van der Waals surface area contributed by atoms with Gasteiger partial charge in [0, 0.05) is 27.7 Å². The van der Waals surface area contributed by atoms with E-state index in [1.54, 1.807) is 32.2 Å². The number of carbonyl (C=O) groups excluding carboxylic acids is 1. The minimum absolute atomic E-state index is 0.278. The summed E-state index contributed by atoms with van der Waals surface area (Å²) in [4.78, 5) is 27.2. The molecule has 0 spiro atoms. The van der Waals surface area contributed by atoms with Gasteiger partial charge < -0.3 is 5.32 Å². The Morgan fingerprint density at radius 3 is 2.47 bits per heavy atom. The highest BCUT2D eigenvalue weighted by atomic mass is 19.1. The van der Waals surface area contributed by atoms with Crippen LogP contribution < -0.4 is 5.32 Å². The van der Waals surface area contributed by atoms with Crippen LogP contribution in [0.5, 0.6) is 0 Å². The molecule has 0 aliphatic rings. The van der Waals surface area contributed by atoms with Gasteiger partial charge in [-0.15, -0.1) is 4.91 Å². The van der Waals surface area contributed by atoms with Crippen LogP contribution in [0.15, 0.2) is 70.1 Å². The fourth-order valence-corrected chi connectivity index (χ4v) is 3.28. The topological polar surface area (TPSA) is 88.7 Å². The van der Waals surface area contributed by atoms with Crippen LogP contribution in [0.4, 0.5) is 10.1 Å². The molecule has 0 saturated heterocycles. The molecule has 1 heterocycles. The summed E-state index contributed by atoms with van der Waals surface area (Å²) in [5, 5.41) is 11.0. The number of fused-ring (bicyclic) bond motifs is 1. The second-order valence-electron chi connectivity index (χ2n) is 8.26. The predicted octanol–water partition coefficient (Wildman–Crippen LogP) is 5.46. The number of benzene rings is 2. The second kappa shape index (κ2) is 9.21.